The number of amides is 1. The van der Waals surface area contributed by atoms with Crippen molar-refractivity contribution in [2.24, 2.45) is 0 Å². The van der Waals surface area contributed by atoms with E-state index in [-0.39, 0.29) is 11.1 Å². The van der Waals surface area contributed by atoms with Crippen LogP contribution in [0.2, 0.25) is 0 Å². The first-order chi connectivity index (χ1) is 5.25. The van der Waals surface area contributed by atoms with Gasteiger partial charge in [-0.15, -0.1) is 0 Å². The van der Waals surface area contributed by atoms with Gasteiger partial charge in [0.05, 0.1) is 0 Å². The number of nitrogens with zero attached hydrogens (tertiary/aromatic N) is 1. The van der Waals surface area contributed by atoms with E-state index in [2.05, 4.69) is 34.6 Å². The Bertz CT molecular complexity index is 200. The lowest BCUT2D eigenvalue weighted by atomic mass is 9.96. The third kappa shape index (κ3) is 1.47. The van der Waals surface area contributed by atoms with Crippen LogP contribution in [-0.4, -0.2) is 21.9 Å². The molecule has 1 heterocycles. The van der Waals surface area contributed by atoms with E-state index in [1.807, 2.05) is 4.90 Å². The van der Waals surface area contributed by atoms with E-state index in [1.54, 1.807) is 0 Å². The molecule has 1 aliphatic heterocycles. The summed E-state index contributed by atoms with van der Waals surface area (Å²) >= 11 is 0. The molecule has 1 rings (SSSR count). The fraction of sp³-hybridized carbons (Fsp3) is 0.900. The first kappa shape index (κ1) is 9.56. The quantitative estimate of drug-likeness (QED) is 0.544. The van der Waals surface area contributed by atoms with E-state index in [0.717, 1.165) is 6.42 Å². The average molecular weight is 169 g/mol. The van der Waals surface area contributed by atoms with Crippen molar-refractivity contribution >= 4 is 5.91 Å². The second kappa shape index (κ2) is 2.48. The van der Waals surface area contributed by atoms with Gasteiger partial charge in [0.25, 0.3) is 0 Å². The van der Waals surface area contributed by atoms with Gasteiger partial charge < -0.3 is 4.90 Å². The Kier molecular flexibility index (Phi) is 1.97. The maximum absolute atomic E-state index is 11.6. The highest BCUT2D eigenvalue weighted by atomic mass is 16.2. The number of likely N-dealkylation sites (tertiary alicyclic amines) is 1. The van der Waals surface area contributed by atoms with Crippen LogP contribution in [0, 0.1) is 0 Å². The summed E-state index contributed by atoms with van der Waals surface area (Å²) < 4.78 is 0. The van der Waals surface area contributed by atoms with Crippen LogP contribution in [0.25, 0.3) is 0 Å². The van der Waals surface area contributed by atoms with Crippen LogP contribution in [0.3, 0.4) is 0 Å². The van der Waals surface area contributed by atoms with Gasteiger partial charge in [-0.1, -0.05) is 0 Å². The molecule has 0 aromatic carbocycles. The molecule has 1 fully saturated rings. The summed E-state index contributed by atoms with van der Waals surface area (Å²) in [7, 11) is 0. The van der Waals surface area contributed by atoms with E-state index < -0.39 is 0 Å². The largest absolute Gasteiger partial charge is 0.333 e. The zero-order valence-electron chi connectivity index (χ0n) is 8.77. The van der Waals surface area contributed by atoms with Gasteiger partial charge in [-0.25, -0.2) is 0 Å². The molecule has 12 heavy (non-hydrogen) atoms. The molecular formula is C10H19NO. The van der Waals surface area contributed by atoms with Gasteiger partial charge in [0.2, 0.25) is 5.91 Å². The standard InChI is InChI=1S/C10H19NO/c1-9(2,3)11-8(12)6-7-10(11,4)5/h6-7H2,1-5H3. The molecule has 70 valence electrons. The number of hydrogen-bond donors (Lipinski definition) is 0. The van der Waals surface area contributed by atoms with Crippen molar-refractivity contribution in [2.45, 2.75) is 58.5 Å². The van der Waals surface area contributed by atoms with Crippen molar-refractivity contribution in [3.8, 4) is 0 Å². The molecule has 2 nitrogen and oxygen atoms in total. The summed E-state index contributed by atoms with van der Waals surface area (Å²) in [5, 5.41) is 0. The molecule has 1 aliphatic rings. The Hall–Kier alpha value is -0.530. The third-order valence-corrected chi connectivity index (χ3v) is 2.48. The topological polar surface area (TPSA) is 20.3 Å². The lowest BCUT2D eigenvalue weighted by Gasteiger charge is -2.42. The van der Waals surface area contributed by atoms with Crippen molar-refractivity contribution < 1.29 is 4.79 Å². The van der Waals surface area contributed by atoms with Gasteiger partial charge in [0, 0.05) is 17.5 Å². The smallest absolute Gasteiger partial charge is 0.223 e. The third-order valence-electron chi connectivity index (χ3n) is 2.48. The summed E-state index contributed by atoms with van der Waals surface area (Å²) in [5.74, 6) is 0.299. The maximum atomic E-state index is 11.6. The van der Waals surface area contributed by atoms with Gasteiger partial charge in [-0.05, 0) is 41.0 Å². The predicted molar refractivity (Wildman–Crippen MR) is 49.9 cm³/mol. The molecule has 0 N–H and O–H groups in total. The highest BCUT2D eigenvalue weighted by molar-refractivity contribution is 5.80. The SMILES string of the molecule is CC(C)(C)N1C(=O)CCC1(C)C. The van der Waals surface area contributed by atoms with Gasteiger partial charge in [-0.3, -0.25) is 4.79 Å². The molecule has 0 saturated carbocycles. The van der Waals surface area contributed by atoms with E-state index in [1.165, 1.54) is 0 Å². The first-order valence-corrected chi connectivity index (χ1v) is 4.58. The molecule has 0 bridgehead atoms. The summed E-state index contributed by atoms with van der Waals surface area (Å²) in [6.07, 6.45) is 1.70. The zero-order valence-corrected chi connectivity index (χ0v) is 8.77. The van der Waals surface area contributed by atoms with Crippen LogP contribution in [0.1, 0.15) is 47.5 Å². The molecule has 0 atom stereocenters. The van der Waals surface area contributed by atoms with Gasteiger partial charge in [0.15, 0.2) is 0 Å². The van der Waals surface area contributed by atoms with Crippen molar-refractivity contribution in [1.82, 2.24) is 4.90 Å². The normalized spacial score (nSPS) is 23.4. The van der Waals surface area contributed by atoms with Crippen molar-refractivity contribution in [3.05, 3.63) is 0 Å². The second-order valence-corrected chi connectivity index (χ2v) is 5.21. The number of carbonyl (C=O) groups is 1. The molecule has 0 aliphatic carbocycles. The van der Waals surface area contributed by atoms with Crippen molar-refractivity contribution in [2.75, 3.05) is 0 Å². The fourth-order valence-electron chi connectivity index (χ4n) is 2.26. The second-order valence-electron chi connectivity index (χ2n) is 5.21. The number of carbonyl (C=O) groups excluding carboxylic acids is 1. The van der Waals surface area contributed by atoms with Gasteiger partial charge >= 0.3 is 0 Å². The molecule has 0 unspecified atom stereocenters. The molecule has 1 amide bonds. The molecule has 0 aromatic rings. The van der Waals surface area contributed by atoms with Crippen molar-refractivity contribution in [3.63, 3.8) is 0 Å². The predicted octanol–water partition coefficient (Wildman–Crippen LogP) is 2.19. The van der Waals surface area contributed by atoms with Crippen LogP contribution in [0.15, 0.2) is 0 Å². The Morgan fingerprint density at radius 2 is 1.83 bits per heavy atom. The van der Waals surface area contributed by atoms with Gasteiger partial charge in [0.1, 0.15) is 0 Å². The zero-order chi connectivity index (χ0) is 9.57. The highest BCUT2D eigenvalue weighted by Gasteiger charge is 2.43. The minimum absolute atomic E-state index is 0.0307. The first-order valence-electron chi connectivity index (χ1n) is 4.58. The summed E-state index contributed by atoms with van der Waals surface area (Å²) in [5.41, 5.74) is 0.0203. The average Bonchev–Trinajstić information content (AvgIpc) is 2.03. The monoisotopic (exact) mass is 169 g/mol. The Morgan fingerprint density at radius 3 is 2.00 bits per heavy atom. The molecule has 1 saturated heterocycles. The van der Waals surface area contributed by atoms with Crippen molar-refractivity contribution in [1.29, 1.82) is 0 Å². The number of hydrogen-bond acceptors (Lipinski definition) is 1. The highest BCUT2D eigenvalue weighted by Crippen LogP contribution is 2.35. The minimum Gasteiger partial charge on any atom is -0.333 e. The van der Waals surface area contributed by atoms with E-state index >= 15 is 0 Å². The Labute approximate surface area is 74.9 Å². The Morgan fingerprint density at radius 1 is 1.33 bits per heavy atom. The summed E-state index contributed by atoms with van der Waals surface area (Å²) in [4.78, 5) is 13.6. The number of rotatable bonds is 0. The summed E-state index contributed by atoms with van der Waals surface area (Å²) in [6.45, 7) is 10.6. The van der Waals surface area contributed by atoms with E-state index in [9.17, 15) is 4.79 Å². The van der Waals surface area contributed by atoms with Gasteiger partial charge in [-0.2, -0.15) is 0 Å². The lowest BCUT2D eigenvalue weighted by molar-refractivity contribution is -0.136. The molecule has 0 aromatic heterocycles. The van der Waals surface area contributed by atoms with Crippen LogP contribution in [-0.2, 0) is 4.79 Å². The molecular weight excluding hydrogens is 150 g/mol. The fourth-order valence-corrected chi connectivity index (χ4v) is 2.26. The molecule has 0 radical (unpaired) electrons. The van der Waals surface area contributed by atoms with Crippen LogP contribution >= 0.6 is 0 Å². The lowest BCUT2D eigenvalue weighted by Crippen LogP contribution is -2.52. The maximum Gasteiger partial charge on any atom is 0.223 e. The summed E-state index contributed by atoms with van der Waals surface area (Å²) in [6, 6.07) is 0. The Balaban J connectivity index is 2.93. The van der Waals surface area contributed by atoms with Crippen LogP contribution in [0.4, 0.5) is 0 Å². The van der Waals surface area contributed by atoms with E-state index in [0.29, 0.717) is 12.3 Å². The minimum atomic E-state index is -0.0307. The van der Waals surface area contributed by atoms with E-state index in [4.69, 9.17) is 0 Å². The van der Waals surface area contributed by atoms with Crippen LogP contribution < -0.4 is 0 Å². The van der Waals surface area contributed by atoms with Crippen LogP contribution in [0.5, 0.6) is 0 Å². The molecule has 0 spiro atoms. The molecule has 2 heteroatoms.